The highest BCUT2D eigenvalue weighted by Crippen LogP contribution is 2.35. The van der Waals surface area contributed by atoms with Gasteiger partial charge in [-0.05, 0) is 18.2 Å². The molecule has 0 saturated heterocycles. The first-order valence-corrected chi connectivity index (χ1v) is 7.68. The van der Waals surface area contributed by atoms with Crippen LogP contribution in [0.3, 0.4) is 0 Å². The van der Waals surface area contributed by atoms with Crippen LogP contribution in [0.5, 0.6) is 17.2 Å². The molecule has 138 valence electrons. The van der Waals surface area contributed by atoms with Gasteiger partial charge in [0.1, 0.15) is 11.5 Å². The number of aliphatic carboxylic acids is 1. The van der Waals surface area contributed by atoms with E-state index in [0.717, 1.165) is 18.2 Å². The zero-order valence-corrected chi connectivity index (χ0v) is 14.0. The molecule has 9 heteroatoms. The lowest BCUT2D eigenvalue weighted by molar-refractivity contribution is -0.385. The second-order valence-corrected chi connectivity index (χ2v) is 5.53. The van der Waals surface area contributed by atoms with Gasteiger partial charge < -0.3 is 14.6 Å². The number of nitrogens with zero attached hydrogens (tertiary/aromatic N) is 2. The third kappa shape index (κ3) is 3.76. The summed E-state index contributed by atoms with van der Waals surface area (Å²) in [5.41, 5.74) is 0.466. The second kappa shape index (κ2) is 7.24. The molecule has 0 unspecified atom stereocenters. The molecular formula is C18H13FN2O6. The van der Waals surface area contributed by atoms with Gasteiger partial charge in [0.15, 0.2) is 11.6 Å². The molecule has 0 fully saturated rings. The Kier molecular flexibility index (Phi) is 4.84. The Balaban J connectivity index is 2.06. The lowest BCUT2D eigenvalue weighted by Crippen LogP contribution is -2.03. The standard InChI is InChI=1S/C18H13FN2O6/c1-26-17-9-14-12(6-10(17)7-18(22)23)15(4-5-20-14)27-16-3-2-11(21(24)25)8-13(16)19/h2-6,8-9H,7H2,1H3,(H,22,23). The lowest BCUT2D eigenvalue weighted by atomic mass is 10.1. The Morgan fingerprint density at radius 3 is 2.63 bits per heavy atom. The normalized spacial score (nSPS) is 10.6. The fourth-order valence-electron chi connectivity index (χ4n) is 2.58. The van der Waals surface area contributed by atoms with Gasteiger partial charge in [0, 0.05) is 29.3 Å². The molecule has 0 amide bonds. The van der Waals surface area contributed by atoms with Gasteiger partial charge in [0.25, 0.3) is 5.69 Å². The average Bonchev–Trinajstić information content (AvgIpc) is 2.62. The maximum atomic E-state index is 14.1. The summed E-state index contributed by atoms with van der Waals surface area (Å²) in [6, 6.07) is 7.64. The summed E-state index contributed by atoms with van der Waals surface area (Å²) in [5.74, 6) is -1.56. The maximum absolute atomic E-state index is 14.1. The number of pyridine rings is 1. The Bertz CT molecular complexity index is 1050. The molecule has 1 aromatic heterocycles. The van der Waals surface area contributed by atoms with Crippen molar-refractivity contribution in [2.45, 2.75) is 6.42 Å². The first-order chi connectivity index (χ1) is 12.9. The lowest BCUT2D eigenvalue weighted by Gasteiger charge is -2.12. The van der Waals surface area contributed by atoms with E-state index in [1.54, 1.807) is 12.1 Å². The highest BCUT2D eigenvalue weighted by molar-refractivity contribution is 5.88. The van der Waals surface area contributed by atoms with Crippen LogP contribution in [0.2, 0.25) is 0 Å². The molecule has 0 saturated carbocycles. The van der Waals surface area contributed by atoms with Gasteiger partial charge in [-0.3, -0.25) is 19.9 Å². The van der Waals surface area contributed by atoms with Crippen molar-refractivity contribution in [1.29, 1.82) is 0 Å². The van der Waals surface area contributed by atoms with Crippen LogP contribution in [0.1, 0.15) is 5.56 Å². The number of hydrogen-bond acceptors (Lipinski definition) is 6. The minimum Gasteiger partial charge on any atom is -0.496 e. The van der Waals surface area contributed by atoms with Gasteiger partial charge >= 0.3 is 5.97 Å². The summed E-state index contributed by atoms with van der Waals surface area (Å²) in [7, 11) is 1.42. The van der Waals surface area contributed by atoms with Gasteiger partial charge in [-0.25, -0.2) is 4.39 Å². The van der Waals surface area contributed by atoms with Gasteiger partial charge in [-0.15, -0.1) is 0 Å². The number of non-ortho nitro benzene ring substituents is 1. The van der Waals surface area contributed by atoms with Crippen LogP contribution >= 0.6 is 0 Å². The largest absolute Gasteiger partial charge is 0.496 e. The van der Waals surface area contributed by atoms with Crippen LogP contribution in [-0.4, -0.2) is 28.1 Å². The molecule has 0 bridgehead atoms. The Morgan fingerprint density at radius 1 is 1.22 bits per heavy atom. The highest BCUT2D eigenvalue weighted by Gasteiger charge is 2.16. The maximum Gasteiger partial charge on any atom is 0.307 e. The Hall–Kier alpha value is -3.75. The summed E-state index contributed by atoms with van der Waals surface area (Å²) in [6.07, 6.45) is 1.16. The van der Waals surface area contributed by atoms with Crippen LogP contribution in [0.25, 0.3) is 10.9 Å². The van der Waals surface area contributed by atoms with E-state index in [0.29, 0.717) is 22.2 Å². The van der Waals surface area contributed by atoms with Crippen LogP contribution in [0, 0.1) is 15.9 Å². The van der Waals surface area contributed by atoms with Crippen LogP contribution < -0.4 is 9.47 Å². The number of nitro benzene ring substituents is 1. The molecule has 1 N–H and O–H groups in total. The molecule has 8 nitrogen and oxygen atoms in total. The molecule has 0 aliphatic carbocycles. The molecule has 3 rings (SSSR count). The summed E-state index contributed by atoms with van der Waals surface area (Å²) >= 11 is 0. The number of carbonyl (C=O) groups is 1. The first kappa shape index (κ1) is 18.1. The van der Waals surface area contributed by atoms with E-state index in [4.69, 9.17) is 14.6 Å². The minimum atomic E-state index is -1.04. The number of hydrogen-bond donors (Lipinski definition) is 1. The molecule has 0 aliphatic rings. The number of nitro groups is 1. The zero-order valence-electron chi connectivity index (χ0n) is 14.0. The van der Waals surface area contributed by atoms with Crippen molar-refractivity contribution in [1.82, 2.24) is 4.98 Å². The SMILES string of the molecule is COc1cc2nccc(Oc3ccc([N+](=O)[O-])cc3F)c2cc1CC(=O)O. The number of fused-ring (bicyclic) bond motifs is 1. The van der Waals surface area contributed by atoms with Crippen LogP contribution in [0.15, 0.2) is 42.6 Å². The number of rotatable bonds is 6. The third-order valence-electron chi connectivity index (χ3n) is 3.79. The smallest absolute Gasteiger partial charge is 0.307 e. The fraction of sp³-hybridized carbons (Fsp3) is 0.111. The number of benzene rings is 2. The average molecular weight is 372 g/mol. The summed E-state index contributed by atoms with van der Waals surface area (Å²) in [5, 5.41) is 20.2. The summed E-state index contributed by atoms with van der Waals surface area (Å²) < 4.78 is 24.9. The highest BCUT2D eigenvalue weighted by atomic mass is 19.1. The topological polar surface area (TPSA) is 112 Å². The zero-order chi connectivity index (χ0) is 19.6. The van der Waals surface area contributed by atoms with Gasteiger partial charge in [-0.1, -0.05) is 0 Å². The van der Waals surface area contributed by atoms with Crippen molar-refractivity contribution < 1.29 is 28.7 Å². The van der Waals surface area contributed by atoms with Crippen molar-refractivity contribution >= 4 is 22.6 Å². The summed E-state index contributed by atoms with van der Waals surface area (Å²) in [6.45, 7) is 0. The van der Waals surface area contributed by atoms with E-state index in [2.05, 4.69) is 4.98 Å². The molecule has 1 heterocycles. The number of carboxylic acids is 1. The molecule has 3 aromatic rings. The van der Waals surface area contributed by atoms with Crippen molar-refractivity contribution in [2.24, 2.45) is 0 Å². The number of methoxy groups -OCH3 is 1. The van der Waals surface area contributed by atoms with E-state index >= 15 is 0 Å². The summed E-state index contributed by atoms with van der Waals surface area (Å²) in [4.78, 5) is 25.3. The third-order valence-corrected chi connectivity index (χ3v) is 3.79. The van der Waals surface area contributed by atoms with Crippen molar-refractivity contribution in [3.63, 3.8) is 0 Å². The number of aromatic nitrogens is 1. The molecule has 0 spiro atoms. The predicted octanol–water partition coefficient (Wildman–Crippen LogP) is 3.71. The first-order valence-electron chi connectivity index (χ1n) is 7.68. The monoisotopic (exact) mass is 372 g/mol. The quantitative estimate of drug-likeness (QED) is 0.518. The van der Waals surface area contributed by atoms with Crippen molar-refractivity contribution in [2.75, 3.05) is 7.11 Å². The second-order valence-electron chi connectivity index (χ2n) is 5.53. The van der Waals surface area contributed by atoms with Crippen LogP contribution in [-0.2, 0) is 11.2 Å². The fourth-order valence-corrected chi connectivity index (χ4v) is 2.58. The molecule has 0 aliphatic heterocycles. The van der Waals surface area contributed by atoms with Crippen molar-refractivity contribution in [3.05, 3.63) is 64.1 Å². The van der Waals surface area contributed by atoms with Crippen LogP contribution in [0.4, 0.5) is 10.1 Å². The van der Waals surface area contributed by atoms with E-state index in [-0.39, 0.29) is 17.9 Å². The van der Waals surface area contributed by atoms with E-state index in [1.807, 2.05) is 0 Å². The Labute approximate surface area is 151 Å². The van der Waals surface area contributed by atoms with Gasteiger partial charge in [0.05, 0.1) is 30.0 Å². The number of carboxylic acid groups (broad SMARTS) is 1. The van der Waals surface area contributed by atoms with E-state index in [9.17, 15) is 19.3 Å². The minimum absolute atomic E-state index is 0.205. The molecule has 27 heavy (non-hydrogen) atoms. The number of halogens is 1. The van der Waals surface area contributed by atoms with Gasteiger partial charge in [0.2, 0.25) is 0 Å². The molecule has 0 atom stereocenters. The molecule has 2 aromatic carbocycles. The predicted molar refractivity (Wildman–Crippen MR) is 92.8 cm³/mol. The molecular weight excluding hydrogens is 359 g/mol. The van der Waals surface area contributed by atoms with Crippen molar-refractivity contribution in [3.8, 4) is 17.2 Å². The van der Waals surface area contributed by atoms with Gasteiger partial charge in [-0.2, -0.15) is 0 Å². The van der Waals surface area contributed by atoms with E-state index < -0.39 is 22.4 Å². The van der Waals surface area contributed by atoms with E-state index in [1.165, 1.54) is 19.4 Å². The molecule has 0 radical (unpaired) electrons. The Morgan fingerprint density at radius 2 is 2.00 bits per heavy atom. The number of ether oxygens (including phenoxy) is 2.